The number of nitrogens with one attached hydrogen (secondary N) is 1. The van der Waals surface area contributed by atoms with Crippen molar-refractivity contribution in [2.45, 2.75) is 27.1 Å². The van der Waals surface area contributed by atoms with Crippen LogP contribution in [0.2, 0.25) is 0 Å². The number of nitrogens with zero attached hydrogens (tertiary/aromatic N) is 1. The van der Waals surface area contributed by atoms with Gasteiger partial charge in [0.2, 0.25) is 0 Å². The van der Waals surface area contributed by atoms with E-state index in [0.717, 1.165) is 33.7 Å². The lowest BCUT2D eigenvalue weighted by molar-refractivity contribution is -0.274. The number of hydrogen-bond donors (Lipinski definition) is 1. The zero-order chi connectivity index (χ0) is 24.6. The maximum atomic E-state index is 13.6. The third-order valence-electron chi connectivity index (χ3n) is 5.57. The highest BCUT2D eigenvalue weighted by molar-refractivity contribution is 6.46. The van der Waals surface area contributed by atoms with E-state index >= 15 is 0 Å². The fourth-order valence-electron chi connectivity index (χ4n) is 3.76. The lowest BCUT2D eigenvalue weighted by Gasteiger charge is -2.18. The highest BCUT2D eigenvalue weighted by Crippen LogP contribution is 2.36. The molecule has 3 aromatic carbocycles. The van der Waals surface area contributed by atoms with Crippen molar-refractivity contribution in [3.8, 4) is 5.75 Å². The molecule has 0 spiro atoms. The molecule has 34 heavy (non-hydrogen) atoms. The summed E-state index contributed by atoms with van der Waals surface area (Å²) in [7, 11) is 0. The van der Waals surface area contributed by atoms with Crippen LogP contribution in [0.25, 0.3) is 5.57 Å². The molecule has 3 aromatic rings. The molecule has 2 amide bonds. The second-order valence-corrected chi connectivity index (χ2v) is 7.98. The van der Waals surface area contributed by atoms with Gasteiger partial charge >= 0.3 is 6.36 Å². The largest absolute Gasteiger partial charge is 0.573 e. The van der Waals surface area contributed by atoms with Gasteiger partial charge in [0, 0.05) is 11.8 Å². The number of anilines is 2. The summed E-state index contributed by atoms with van der Waals surface area (Å²) in [6.45, 7) is 5.61. The smallest absolute Gasteiger partial charge is 0.406 e. The van der Waals surface area contributed by atoms with Crippen molar-refractivity contribution < 1.29 is 27.5 Å². The van der Waals surface area contributed by atoms with E-state index in [-0.39, 0.29) is 17.0 Å². The fraction of sp³-hybridized carbons (Fsp3) is 0.154. The highest BCUT2D eigenvalue weighted by atomic mass is 19.4. The summed E-state index contributed by atoms with van der Waals surface area (Å²) in [5, 5.41) is 2.87. The van der Waals surface area contributed by atoms with Gasteiger partial charge in [0.05, 0.1) is 11.3 Å². The number of alkyl halides is 3. The Bertz CT molecular complexity index is 1330. The second kappa shape index (κ2) is 8.70. The van der Waals surface area contributed by atoms with E-state index in [0.29, 0.717) is 11.3 Å². The third kappa shape index (κ3) is 4.52. The average Bonchev–Trinajstić information content (AvgIpc) is 2.99. The molecular formula is C26H21F3N2O3. The van der Waals surface area contributed by atoms with Gasteiger partial charge in [-0.25, -0.2) is 4.90 Å². The van der Waals surface area contributed by atoms with Crippen molar-refractivity contribution >= 4 is 28.8 Å². The molecule has 1 N–H and O–H groups in total. The fourth-order valence-corrected chi connectivity index (χ4v) is 3.76. The number of imide groups is 1. The normalized spacial score (nSPS) is 14.1. The van der Waals surface area contributed by atoms with Crippen LogP contribution in [-0.2, 0) is 9.59 Å². The molecule has 1 aliphatic heterocycles. The molecular weight excluding hydrogens is 445 g/mol. The number of para-hydroxylation sites is 1. The number of carbonyl (C=O) groups excluding carboxylic acids is 2. The molecule has 0 atom stereocenters. The number of halogens is 3. The van der Waals surface area contributed by atoms with E-state index < -0.39 is 23.9 Å². The lowest BCUT2D eigenvalue weighted by atomic mass is 9.99. The molecule has 0 saturated heterocycles. The monoisotopic (exact) mass is 466 g/mol. The molecule has 174 valence electrons. The van der Waals surface area contributed by atoms with Crippen LogP contribution < -0.4 is 15.0 Å². The first kappa shape index (κ1) is 23.1. The van der Waals surface area contributed by atoms with Crippen LogP contribution in [-0.4, -0.2) is 18.2 Å². The molecule has 0 saturated carbocycles. The van der Waals surface area contributed by atoms with Gasteiger partial charge < -0.3 is 10.1 Å². The SMILES string of the molecule is Cc1ccc(C2=C(Nc3cccc(OC(F)(F)F)c3)C(=O)N(c3ccccc3C)C2=O)cc1C. The summed E-state index contributed by atoms with van der Waals surface area (Å²) in [6.07, 6.45) is -4.86. The molecule has 4 rings (SSSR count). The van der Waals surface area contributed by atoms with E-state index in [2.05, 4.69) is 10.1 Å². The molecule has 0 radical (unpaired) electrons. The van der Waals surface area contributed by atoms with E-state index in [1.165, 1.54) is 12.1 Å². The zero-order valence-electron chi connectivity index (χ0n) is 18.7. The molecule has 8 heteroatoms. The molecule has 0 fully saturated rings. The van der Waals surface area contributed by atoms with Crippen molar-refractivity contribution in [2.75, 3.05) is 10.2 Å². The van der Waals surface area contributed by atoms with Gasteiger partial charge in [0.1, 0.15) is 11.4 Å². The molecule has 0 bridgehead atoms. The zero-order valence-corrected chi connectivity index (χ0v) is 18.7. The first-order valence-electron chi connectivity index (χ1n) is 10.4. The van der Waals surface area contributed by atoms with E-state index in [1.54, 1.807) is 37.3 Å². The van der Waals surface area contributed by atoms with Crippen LogP contribution in [0, 0.1) is 20.8 Å². The number of aryl methyl sites for hydroxylation is 3. The Morgan fingerprint density at radius 1 is 0.794 bits per heavy atom. The molecule has 1 aliphatic rings. The summed E-state index contributed by atoms with van der Waals surface area (Å²) < 4.78 is 42.0. The van der Waals surface area contributed by atoms with Crippen molar-refractivity contribution in [1.82, 2.24) is 0 Å². The summed E-state index contributed by atoms with van der Waals surface area (Å²) in [4.78, 5) is 28.1. The molecule has 0 aromatic heterocycles. The Balaban J connectivity index is 1.81. The Hall–Kier alpha value is -4.07. The third-order valence-corrected chi connectivity index (χ3v) is 5.57. The first-order valence-corrected chi connectivity index (χ1v) is 10.4. The predicted octanol–water partition coefficient (Wildman–Crippen LogP) is 5.91. The topological polar surface area (TPSA) is 58.6 Å². The Morgan fingerprint density at radius 3 is 2.21 bits per heavy atom. The maximum Gasteiger partial charge on any atom is 0.573 e. The van der Waals surface area contributed by atoms with Gasteiger partial charge in [-0.3, -0.25) is 9.59 Å². The first-order chi connectivity index (χ1) is 16.0. The van der Waals surface area contributed by atoms with E-state index in [9.17, 15) is 22.8 Å². The number of hydrogen-bond acceptors (Lipinski definition) is 4. The summed E-state index contributed by atoms with van der Waals surface area (Å²) >= 11 is 0. The molecule has 1 heterocycles. The number of rotatable bonds is 5. The summed E-state index contributed by atoms with van der Waals surface area (Å²) in [5.74, 6) is -1.57. The quantitative estimate of drug-likeness (QED) is 0.475. The Labute approximate surface area is 194 Å². The molecule has 0 unspecified atom stereocenters. The van der Waals surface area contributed by atoms with Crippen molar-refractivity contribution in [2.24, 2.45) is 0 Å². The van der Waals surface area contributed by atoms with Crippen LogP contribution in [0.5, 0.6) is 5.75 Å². The van der Waals surface area contributed by atoms with Gasteiger partial charge in [0.15, 0.2) is 0 Å². The van der Waals surface area contributed by atoms with Crippen LogP contribution in [0.1, 0.15) is 22.3 Å². The number of ether oxygens (including phenoxy) is 1. The van der Waals surface area contributed by atoms with Gasteiger partial charge in [-0.15, -0.1) is 13.2 Å². The molecule has 5 nitrogen and oxygen atoms in total. The standard InChI is InChI=1S/C26H21F3N2O3/c1-15-11-12-18(13-17(15)3)22-23(30-19-8-6-9-20(14-19)34-26(27,28)29)25(33)31(24(22)32)21-10-5-4-7-16(21)2/h4-14,30H,1-3H3. The second-order valence-electron chi connectivity index (χ2n) is 7.98. The highest BCUT2D eigenvalue weighted by Gasteiger charge is 2.41. The lowest BCUT2D eigenvalue weighted by Crippen LogP contribution is -2.33. The summed E-state index contributed by atoms with van der Waals surface area (Å²) in [5.41, 5.74) is 3.92. The maximum absolute atomic E-state index is 13.6. The van der Waals surface area contributed by atoms with Crippen molar-refractivity contribution in [3.05, 3.63) is 94.7 Å². The average molecular weight is 466 g/mol. The minimum Gasteiger partial charge on any atom is -0.406 e. The van der Waals surface area contributed by atoms with Crippen LogP contribution in [0.15, 0.2) is 72.4 Å². The number of benzene rings is 3. The van der Waals surface area contributed by atoms with Gasteiger partial charge in [-0.1, -0.05) is 42.5 Å². The van der Waals surface area contributed by atoms with E-state index in [1.807, 2.05) is 26.0 Å². The predicted molar refractivity (Wildman–Crippen MR) is 123 cm³/mol. The van der Waals surface area contributed by atoms with Crippen molar-refractivity contribution in [1.29, 1.82) is 0 Å². The van der Waals surface area contributed by atoms with Crippen LogP contribution in [0.4, 0.5) is 24.5 Å². The van der Waals surface area contributed by atoms with Gasteiger partial charge in [-0.05, 0) is 61.2 Å². The number of carbonyl (C=O) groups is 2. The van der Waals surface area contributed by atoms with Gasteiger partial charge in [-0.2, -0.15) is 0 Å². The minimum absolute atomic E-state index is 0.0272. The Kier molecular flexibility index (Phi) is 5.91. The molecule has 0 aliphatic carbocycles. The Morgan fingerprint density at radius 2 is 1.53 bits per heavy atom. The summed E-state index contributed by atoms with van der Waals surface area (Å²) in [6, 6.07) is 17.5. The van der Waals surface area contributed by atoms with Crippen LogP contribution >= 0.6 is 0 Å². The van der Waals surface area contributed by atoms with Crippen molar-refractivity contribution in [3.63, 3.8) is 0 Å². The van der Waals surface area contributed by atoms with E-state index in [4.69, 9.17) is 0 Å². The van der Waals surface area contributed by atoms with Crippen LogP contribution in [0.3, 0.4) is 0 Å². The van der Waals surface area contributed by atoms with Gasteiger partial charge in [0.25, 0.3) is 11.8 Å². The minimum atomic E-state index is -4.86. The number of amides is 2.